The maximum absolute atomic E-state index is 10.9. The van der Waals surface area contributed by atoms with Crippen LogP contribution in [0.1, 0.15) is 20.9 Å². The third kappa shape index (κ3) is 1.73. The summed E-state index contributed by atoms with van der Waals surface area (Å²) in [6.07, 6.45) is 0. The van der Waals surface area contributed by atoms with Gasteiger partial charge in [-0.3, -0.25) is 0 Å². The number of nitro groups is 1. The van der Waals surface area contributed by atoms with E-state index in [0.29, 0.717) is 9.62 Å². The monoisotopic (exact) mass is 305 g/mol. The molecule has 1 aliphatic heterocycles. The molecule has 5 heteroatoms. The van der Waals surface area contributed by atoms with E-state index < -0.39 is 0 Å². The van der Waals surface area contributed by atoms with Gasteiger partial charge >= 0.3 is 92.1 Å². The molecular formula is C9H10IN2O2-. The predicted octanol–water partition coefficient (Wildman–Crippen LogP) is -1.25. The minimum atomic E-state index is -0.292. The van der Waals surface area contributed by atoms with E-state index in [2.05, 4.69) is 4.98 Å². The number of aromatic nitrogens is 1. The fourth-order valence-corrected chi connectivity index (χ4v) is 3.22. The number of hydrogen-bond donors (Lipinski definition) is 0. The molecule has 0 amide bonds. The van der Waals surface area contributed by atoms with E-state index in [1.807, 2.05) is 13.0 Å². The summed E-state index contributed by atoms with van der Waals surface area (Å²) in [6, 6.07) is 1.88. The molecule has 0 N–H and O–H groups in total. The standard InChI is InChI=1S/C9H10IN2O2/c1-5-3-7(8-4-10-8)9(12(13)14)6(2)11-5/h3,8H,4H2,1-2H3/q-1. The van der Waals surface area contributed by atoms with Crippen LogP contribution in [0.2, 0.25) is 0 Å². The molecule has 0 aromatic carbocycles. The van der Waals surface area contributed by atoms with Crippen LogP contribution < -0.4 is 21.2 Å². The molecule has 0 aliphatic carbocycles. The molecule has 14 heavy (non-hydrogen) atoms. The molecule has 4 nitrogen and oxygen atoms in total. The van der Waals surface area contributed by atoms with Crippen molar-refractivity contribution in [2.24, 2.45) is 0 Å². The second kappa shape index (κ2) is 3.45. The molecule has 1 aliphatic rings. The van der Waals surface area contributed by atoms with E-state index in [9.17, 15) is 10.1 Å². The summed E-state index contributed by atoms with van der Waals surface area (Å²) in [7, 11) is 0. The Labute approximate surface area is 92.1 Å². The van der Waals surface area contributed by atoms with Crippen molar-refractivity contribution in [3.8, 4) is 0 Å². The molecule has 76 valence electrons. The number of alkyl halides is 2. The summed E-state index contributed by atoms with van der Waals surface area (Å²) in [5.74, 6) is 0. The Bertz CT molecular complexity index is 402. The van der Waals surface area contributed by atoms with Crippen LogP contribution in [-0.2, 0) is 0 Å². The predicted molar refractivity (Wildman–Crippen MR) is 48.0 cm³/mol. The van der Waals surface area contributed by atoms with Crippen molar-refractivity contribution in [1.29, 1.82) is 0 Å². The summed E-state index contributed by atoms with van der Waals surface area (Å²) >= 11 is 0.195. The van der Waals surface area contributed by atoms with Gasteiger partial charge in [-0.25, -0.2) is 0 Å². The molecule has 1 aromatic heterocycles. The van der Waals surface area contributed by atoms with E-state index in [1.54, 1.807) is 6.92 Å². The zero-order valence-electron chi connectivity index (χ0n) is 7.95. The molecule has 2 heterocycles. The van der Waals surface area contributed by atoms with E-state index in [4.69, 9.17) is 0 Å². The van der Waals surface area contributed by atoms with Gasteiger partial charge in [-0.2, -0.15) is 0 Å². The second-order valence-corrected chi connectivity index (χ2v) is 6.59. The Balaban J connectivity index is 2.58. The van der Waals surface area contributed by atoms with Gasteiger partial charge in [0.05, 0.1) is 0 Å². The molecule has 0 saturated carbocycles. The Hall–Kier alpha value is -0.720. The second-order valence-electron chi connectivity index (χ2n) is 3.32. The first-order valence-electron chi connectivity index (χ1n) is 4.30. The molecular weight excluding hydrogens is 295 g/mol. The third-order valence-corrected chi connectivity index (χ3v) is 4.59. The van der Waals surface area contributed by atoms with Crippen molar-refractivity contribution in [3.05, 3.63) is 33.1 Å². The third-order valence-electron chi connectivity index (χ3n) is 2.15. The van der Waals surface area contributed by atoms with Crippen molar-refractivity contribution >= 4 is 5.69 Å². The van der Waals surface area contributed by atoms with Crippen molar-refractivity contribution in [2.75, 3.05) is 4.43 Å². The molecule has 0 spiro atoms. The Morgan fingerprint density at radius 2 is 2.29 bits per heavy atom. The number of hydrogen-bond acceptors (Lipinski definition) is 3. The van der Waals surface area contributed by atoms with Crippen LogP contribution in [0, 0.1) is 24.0 Å². The summed E-state index contributed by atoms with van der Waals surface area (Å²) < 4.78 is 1.69. The quantitative estimate of drug-likeness (QED) is 0.297. The van der Waals surface area contributed by atoms with Crippen molar-refractivity contribution in [1.82, 2.24) is 4.98 Å². The van der Waals surface area contributed by atoms with Crippen LogP contribution in [0.4, 0.5) is 5.69 Å². The number of aryl methyl sites for hydroxylation is 2. The van der Waals surface area contributed by atoms with Gasteiger partial charge in [0.2, 0.25) is 0 Å². The summed E-state index contributed by atoms with van der Waals surface area (Å²) in [6.45, 7) is 3.61. The zero-order valence-corrected chi connectivity index (χ0v) is 10.1. The molecule has 0 bridgehead atoms. The SMILES string of the molecule is Cc1cc(C2C[I-]2)c([N+](=O)[O-])c(C)n1. The number of rotatable bonds is 2. The van der Waals surface area contributed by atoms with Gasteiger partial charge in [0.25, 0.3) is 0 Å². The van der Waals surface area contributed by atoms with Crippen molar-refractivity contribution in [2.45, 2.75) is 17.8 Å². The zero-order chi connectivity index (χ0) is 10.3. The van der Waals surface area contributed by atoms with Crippen molar-refractivity contribution in [3.63, 3.8) is 0 Å². The Kier molecular flexibility index (Phi) is 2.42. The van der Waals surface area contributed by atoms with Crippen LogP contribution in [-0.4, -0.2) is 14.3 Å². The van der Waals surface area contributed by atoms with Gasteiger partial charge < -0.3 is 0 Å². The normalized spacial score (nSPS) is 20.0. The number of pyridine rings is 1. The van der Waals surface area contributed by atoms with Gasteiger partial charge in [-0.1, -0.05) is 0 Å². The van der Waals surface area contributed by atoms with Crippen LogP contribution in [0.25, 0.3) is 0 Å². The van der Waals surface area contributed by atoms with Gasteiger partial charge in [0.1, 0.15) is 0 Å². The first kappa shape index (κ1) is 9.82. The first-order valence-corrected chi connectivity index (χ1v) is 7.07. The Morgan fingerprint density at radius 3 is 2.79 bits per heavy atom. The molecule has 2 rings (SSSR count). The van der Waals surface area contributed by atoms with Gasteiger partial charge in [-0.05, 0) is 0 Å². The van der Waals surface area contributed by atoms with Crippen LogP contribution in [0.15, 0.2) is 6.07 Å². The molecule has 1 atom stereocenters. The summed E-state index contributed by atoms with van der Waals surface area (Å²) in [5, 5.41) is 10.9. The van der Waals surface area contributed by atoms with Crippen molar-refractivity contribution < 1.29 is 26.1 Å². The molecule has 1 aromatic rings. The maximum atomic E-state index is 10.9. The first-order chi connectivity index (χ1) is 6.59. The van der Waals surface area contributed by atoms with E-state index in [-0.39, 0.29) is 31.8 Å². The topological polar surface area (TPSA) is 56.0 Å². The average molecular weight is 305 g/mol. The summed E-state index contributed by atoms with van der Waals surface area (Å²) in [4.78, 5) is 14.7. The number of halogens is 1. The molecule has 1 saturated heterocycles. The summed E-state index contributed by atoms with van der Waals surface area (Å²) in [5.41, 5.74) is 2.62. The van der Waals surface area contributed by atoms with Gasteiger partial charge in [-0.15, -0.1) is 0 Å². The molecule has 0 radical (unpaired) electrons. The minimum absolute atomic E-state index is 0.195. The van der Waals surface area contributed by atoms with E-state index in [1.165, 1.54) is 4.43 Å². The van der Waals surface area contributed by atoms with E-state index in [0.717, 1.165) is 11.3 Å². The van der Waals surface area contributed by atoms with Crippen LogP contribution in [0.3, 0.4) is 0 Å². The molecule has 1 unspecified atom stereocenters. The Morgan fingerprint density at radius 1 is 1.64 bits per heavy atom. The van der Waals surface area contributed by atoms with Crippen LogP contribution in [0.5, 0.6) is 0 Å². The van der Waals surface area contributed by atoms with E-state index >= 15 is 0 Å². The average Bonchev–Trinajstić information content (AvgIpc) is 2.82. The fraction of sp³-hybridized carbons (Fsp3) is 0.444. The molecule has 1 fully saturated rings. The van der Waals surface area contributed by atoms with Crippen LogP contribution >= 0.6 is 0 Å². The fourth-order valence-electron chi connectivity index (χ4n) is 1.54. The van der Waals surface area contributed by atoms with Gasteiger partial charge in [0.15, 0.2) is 0 Å². The number of nitrogens with zero attached hydrogens (tertiary/aromatic N) is 2. The van der Waals surface area contributed by atoms with Gasteiger partial charge in [0, 0.05) is 0 Å².